The molecular formula is C22H27ClN2O6. The summed E-state index contributed by atoms with van der Waals surface area (Å²) < 4.78 is 15.8. The van der Waals surface area contributed by atoms with E-state index in [-0.39, 0.29) is 23.6 Å². The number of para-hydroxylation sites is 1. The zero-order valence-electron chi connectivity index (χ0n) is 17.8. The Morgan fingerprint density at radius 1 is 0.935 bits per heavy atom. The lowest BCUT2D eigenvalue weighted by molar-refractivity contribution is -0.130. The zero-order chi connectivity index (χ0) is 21.7. The number of methoxy groups -OCH3 is 3. The third-order valence-electron chi connectivity index (χ3n) is 5.12. The molecule has 31 heavy (non-hydrogen) atoms. The summed E-state index contributed by atoms with van der Waals surface area (Å²) in [7, 11) is 4.46. The molecule has 0 aliphatic carbocycles. The van der Waals surface area contributed by atoms with Gasteiger partial charge in [-0.1, -0.05) is 23.7 Å². The van der Waals surface area contributed by atoms with Crippen LogP contribution in [0.1, 0.15) is 16.8 Å². The van der Waals surface area contributed by atoms with Gasteiger partial charge < -0.3 is 29.5 Å². The van der Waals surface area contributed by atoms with Gasteiger partial charge in [-0.2, -0.15) is 0 Å². The van der Waals surface area contributed by atoms with E-state index in [9.17, 15) is 9.59 Å². The Morgan fingerprint density at radius 2 is 1.52 bits per heavy atom. The van der Waals surface area contributed by atoms with Crippen molar-refractivity contribution in [2.75, 3.05) is 52.4 Å². The molecule has 2 aromatic carbocycles. The van der Waals surface area contributed by atoms with Crippen LogP contribution in [0.2, 0.25) is 5.02 Å². The van der Waals surface area contributed by atoms with Crippen molar-refractivity contribution in [3.63, 3.8) is 0 Å². The third kappa shape index (κ3) is 5.39. The maximum Gasteiger partial charge on any atom is 0.230 e. The number of carbonyl (C=O) groups is 2. The highest BCUT2D eigenvalue weighted by molar-refractivity contribution is 6.33. The van der Waals surface area contributed by atoms with E-state index in [1.807, 2.05) is 24.3 Å². The normalized spacial score (nSPS) is 13.3. The second-order valence-electron chi connectivity index (χ2n) is 6.83. The molecule has 1 amide bonds. The monoisotopic (exact) mass is 450 g/mol. The Labute approximate surface area is 186 Å². The Kier molecular flexibility index (Phi) is 8.53. The topological polar surface area (TPSA) is 99.8 Å². The molecule has 0 saturated carbocycles. The summed E-state index contributed by atoms with van der Waals surface area (Å²) in [6.07, 6.45) is -0.218. The minimum Gasteiger partial charge on any atom is -0.493 e. The lowest BCUT2D eigenvalue weighted by Gasteiger charge is -2.36. The minimum atomic E-state index is -0.298. The van der Waals surface area contributed by atoms with Crippen molar-refractivity contribution in [2.45, 2.75) is 6.42 Å². The highest BCUT2D eigenvalue weighted by Crippen LogP contribution is 2.38. The number of amides is 1. The number of carbonyl (C=O) groups excluding carboxylic acids is 2. The average molecular weight is 451 g/mol. The molecule has 3 rings (SSSR count). The maximum absolute atomic E-state index is 12.7. The van der Waals surface area contributed by atoms with Crippen LogP contribution in [0.15, 0.2) is 36.4 Å². The summed E-state index contributed by atoms with van der Waals surface area (Å²) in [5.74, 6) is 0.654. The van der Waals surface area contributed by atoms with Crippen molar-refractivity contribution in [3.05, 3.63) is 47.0 Å². The molecule has 1 aliphatic heterocycles. The average Bonchev–Trinajstić information content (AvgIpc) is 2.78. The number of nitrogens with zero attached hydrogens (tertiary/aromatic N) is 2. The first kappa shape index (κ1) is 24.3. The fourth-order valence-corrected chi connectivity index (χ4v) is 3.75. The van der Waals surface area contributed by atoms with E-state index in [1.165, 1.54) is 21.3 Å². The number of benzene rings is 2. The molecule has 0 bridgehead atoms. The molecule has 8 nitrogen and oxygen atoms in total. The van der Waals surface area contributed by atoms with Gasteiger partial charge in [-0.05, 0) is 24.3 Å². The molecule has 1 aliphatic rings. The summed E-state index contributed by atoms with van der Waals surface area (Å²) in [6, 6.07) is 10.8. The van der Waals surface area contributed by atoms with E-state index in [4.69, 9.17) is 25.8 Å². The van der Waals surface area contributed by atoms with Crippen LogP contribution < -0.4 is 19.1 Å². The number of hydrogen-bond donors (Lipinski definition) is 0. The number of halogens is 1. The van der Waals surface area contributed by atoms with Gasteiger partial charge in [-0.25, -0.2) is 0 Å². The quantitative estimate of drug-likeness (QED) is 0.474. The molecule has 1 heterocycles. The summed E-state index contributed by atoms with van der Waals surface area (Å²) in [5, 5.41) is 0.690. The van der Waals surface area contributed by atoms with Crippen LogP contribution in [0.3, 0.4) is 0 Å². The highest BCUT2D eigenvalue weighted by Gasteiger charge is 2.25. The van der Waals surface area contributed by atoms with E-state index < -0.39 is 0 Å². The van der Waals surface area contributed by atoms with Gasteiger partial charge in [0.1, 0.15) is 0 Å². The van der Waals surface area contributed by atoms with Crippen molar-refractivity contribution in [1.82, 2.24) is 4.90 Å². The number of rotatable bonds is 7. The van der Waals surface area contributed by atoms with Gasteiger partial charge in [-0.3, -0.25) is 9.59 Å². The van der Waals surface area contributed by atoms with Crippen LogP contribution in [0, 0.1) is 0 Å². The lowest BCUT2D eigenvalue weighted by Crippen LogP contribution is -2.49. The molecule has 2 N–H and O–H groups in total. The Morgan fingerprint density at radius 3 is 2.03 bits per heavy atom. The molecular weight excluding hydrogens is 424 g/mol. The minimum absolute atomic E-state index is 0. The second-order valence-corrected chi connectivity index (χ2v) is 7.24. The number of ketones is 1. The van der Waals surface area contributed by atoms with Crippen LogP contribution in [0.5, 0.6) is 17.2 Å². The number of ether oxygens (including phenoxy) is 3. The largest absolute Gasteiger partial charge is 0.493 e. The smallest absolute Gasteiger partial charge is 0.230 e. The van der Waals surface area contributed by atoms with Crippen LogP contribution in [-0.4, -0.2) is 69.6 Å². The SMILES string of the molecule is COc1cc(C(=O)CC(=O)N2CCN(c3ccccc3Cl)CC2)cc(OC)c1OC.O. The van der Waals surface area contributed by atoms with Gasteiger partial charge in [0.05, 0.1) is 38.5 Å². The maximum atomic E-state index is 12.7. The van der Waals surface area contributed by atoms with Gasteiger partial charge in [0, 0.05) is 31.7 Å². The number of Topliss-reactive ketones (excluding diaryl/α,β-unsaturated/α-hetero) is 1. The molecule has 168 valence electrons. The van der Waals surface area contributed by atoms with Crippen molar-refractivity contribution in [1.29, 1.82) is 0 Å². The van der Waals surface area contributed by atoms with Crippen molar-refractivity contribution >= 4 is 29.0 Å². The lowest BCUT2D eigenvalue weighted by atomic mass is 10.1. The van der Waals surface area contributed by atoms with E-state index in [1.54, 1.807) is 17.0 Å². The van der Waals surface area contributed by atoms with Crippen molar-refractivity contribution in [2.24, 2.45) is 0 Å². The summed E-state index contributed by atoms with van der Waals surface area (Å²) in [6.45, 7) is 2.39. The van der Waals surface area contributed by atoms with Crippen LogP contribution in [0.4, 0.5) is 5.69 Å². The van der Waals surface area contributed by atoms with Crippen molar-refractivity contribution < 1.29 is 29.3 Å². The molecule has 0 spiro atoms. The first-order chi connectivity index (χ1) is 14.5. The Bertz CT molecular complexity index is 903. The van der Waals surface area contributed by atoms with E-state index >= 15 is 0 Å². The van der Waals surface area contributed by atoms with E-state index in [0.717, 1.165) is 5.69 Å². The molecule has 1 saturated heterocycles. The number of hydrogen-bond acceptors (Lipinski definition) is 6. The number of piperazine rings is 1. The third-order valence-corrected chi connectivity index (χ3v) is 5.44. The Balaban J connectivity index is 0.00000341. The van der Waals surface area contributed by atoms with Gasteiger partial charge in [0.2, 0.25) is 11.7 Å². The summed E-state index contributed by atoms with van der Waals surface area (Å²) in [4.78, 5) is 29.3. The molecule has 1 fully saturated rings. The Hall–Kier alpha value is -2.97. The van der Waals surface area contributed by atoms with E-state index in [2.05, 4.69) is 4.90 Å². The highest BCUT2D eigenvalue weighted by atomic mass is 35.5. The van der Waals surface area contributed by atoms with Crippen LogP contribution in [-0.2, 0) is 4.79 Å². The summed E-state index contributed by atoms with van der Waals surface area (Å²) >= 11 is 6.27. The first-order valence-corrected chi connectivity index (χ1v) is 9.96. The van der Waals surface area contributed by atoms with Crippen LogP contribution >= 0.6 is 11.6 Å². The van der Waals surface area contributed by atoms with Gasteiger partial charge in [-0.15, -0.1) is 0 Å². The molecule has 9 heteroatoms. The fraction of sp³-hybridized carbons (Fsp3) is 0.364. The predicted octanol–water partition coefficient (Wildman–Crippen LogP) is 2.46. The van der Waals surface area contributed by atoms with Gasteiger partial charge in [0.25, 0.3) is 0 Å². The van der Waals surface area contributed by atoms with Gasteiger partial charge in [0.15, 0.2) is 17.3 Å². The molecule has 0 atom stereocenters. The van der Waals surface area contributed by atoms with Crippen LogP contribution in [0.25, 0.3) is 0 Å². The standard InChI is InChI=1S/C22H25ClN2O5.H2O/c1-28-19-12-15(13-20(29-2)22(19)30-3)18(26)14-21(27)25-10-8-24(9-11-25)17-7-5-4-6-16(17)23;/h4-7,12-13H,8-11,14H2,1-3H3;1H2. The number of anilines is 1. The molecule has 0 unspecified atom stereocenters. The van der Waals surface area contributed by atoms with Crippen molar-refractivity contribution in [3.8, 4) is 17.2 Å². The molecule has 0 radical (unpaired) electrons. The zero-order valence-corrected chi connectivity index (χ0v) is 18.6. The first-order valence-electron chi connectivity index (χ1n) is 9.59. The summed E-state index contributed by atoms with van der Waals surface area (Å²) in [5.41, 5.74) is 1.30. The van der Waals surface area contributed by atoms with Gasteiger partial charge >= 0.3 is 0 Å². The molecule has 0 aromatic heterocycles. The fourth-order valence-electron chi connectivity index (χ4n) is 3.50. The predicted molar refractivity (Wildman–Crippen MR) is 119 cm³/mol. The van der Waals surface area contributed by atoms with E-state index in [0.29, 0.717) is 54.0 Å². The molecule has 2 aromatic rings. The second kappa shape index (κ2) is 10.9.